The van der Waals surface area contributed by atoms with E-state index in [1.54, 1.807) is 0 Å². The Morgan fingerprint density at radius 2 is 1.29 bits per heavy atom. The van der Waals surface area contributed by atoms with Crippen molar-refractivity contribution in [2.75, 3.05) is 0 Å². The minimum Gasteiger partial charge on any atom is -0.550 e. The molecule has 0 aromatic heterocycles. The second-order valence-electron chi connectivity index (χ2n) is 2.42. The molecule has 0 aliphatic rings. The van der Waals surface area contributed by atoms with Crippen LogP contribution in [0.4, 0.5) is 0 Å². The Bertz CT molecular complexity index is 233. The second-order valence-corrected chi connectivity index (χ2v) is 2.42. The summed E-state index contributed by atoms with van der Waals surface area (Å²) in [5.74, 6) is -5.98. The van der Waals surface area contributed by atoms with Crippen LogP contribution in [-0.4, -0.2) is 28.6 Å². The molecule has 0 aliphatic carbocycles. The normalized spacial score (nSPS) is 10.1. The fourth-order valence-corrected chi connectivity index (χ4v) is 0.684. The molecule has 0 spiro atoms. The third-order valence-electron chi connectivity index (χ3n) is 1.25. The summed E-state index contributed by atoms with van der Waals surface area (Å²) in [6.07, 6.45) is -2.72. The number of carbonyl (C=O) groups is 3. The average molecular weight is 386 g/mol. The number of rotatable bonds is 5. The van der Waals surface area contributed by atoms with Crippen molar-refractivity contribution >= 4 is 17.9 Å². The largest absolute Gasteiger partial charge is 0.550 e. The third-order valence-corrected chi connectivity index (χ3v) is 1.25. The molecule has 0 aromatic rings. The van der Waals surface area contributed by atoms with Gasteiger partial charge in [0.15, 0.2) is 0 Å². The quantitative estimate of drug-likeness (QED) is 0.466. The number of aliphatic hydroxyl groups is 1. The maximum Gasteiger partial charge on any atom is 0.114 e. The topological polar surface area (TPSA) is 141 Å². The van der Waals surface area contributed by atoms with Crippen molar-refractivity contribution in [3.63, 3.8) is 0 Å². The monoisotopic (exact) mass is 386 g/mol. The molecule has 1 radical (unpaired) electrons. The number of carbonyl (C=O) groups excluding carboxylic acids is 3. The van der Waals surface area contributed by atoms with Crippen LogP contribution in [0.2, 0.25) is 0 Å². The molecule has 0 heterocycles. The minimum absolute atomic E-state index is 0. The number of hydrogen-bond donors (Lipinski definition) is 1. The number of carboxylic acid groups (broad SMARTS) is 3. The zero-order valence-corrected chi connectivity index (χ0v) is 8.78. The predicted octanol–water partition coefficient (Wildman–Crippen LogP) is -5.26. The Kier molecular flexibility index (Phi) is 6.41. The molecular formula is C6H5AuO7-3. The van der Waals surface area contributed by atoms with Crippen LogP contribution in [0.15, 0.2) is 0 Å². The molecule has 14 heavy (non-hydrogen) atoms. The van der Waals surface area contributed by atoms with Crippen molar-refractivity contribution < 1.29 is 57.2 Å². The fraction of sp³-hybridized carbons (Fsp3) is 0.500. The van der Waals surface area contributed by atoms with Gasteiger partial charge >= 0.3 is 0 Å². The summed E-state index contributed by atoms with van der Waals surface area (Å²) >= 11 is 0. The van der Waals surface area contributed by atoms with Gasteiger partial charge in [-0.15, -0.1) is 0 Å². The summed E-state index contributed by atoms with van der Waals surface area (Å²) in [5, 5.41) is 38.9. The first-order chi connectivity index (χ1) is 5.78. The Labute approximate surface area is 93.9 Å². The molecule has 0 atom stereocenters. The molecule has 7 nitrogen and oxygen atoms in total. The van der Waals surface area contributed by atoms with E-state index in [0.29, 0.717) is 0 Å². The average Bonchev–Trinajstić information content (AvgIpc) is 1.82. The van der Waals surface area contributed by atoms with E-state index >= 15 is 0 Å². The Morgan fingerprint density at radius 1 is 1.00 bits per heavy atom. The van der Waals surface area contributed by atoms with Crippen LogP contribution in [0, 0.1) is 0 Å². The van der Waals surface area contributed by atoms with E-state index in [4.69, 9.17) is 5.11 Å². The SMILES string of the molecule is O=C([O-])CC(O)(CC(=O)[O-])C(=O)[O-].[Au]. The van der Waals surface area contributed by atoms with E-state index in [9.17, 15) is 29.7 Å². The summed E-state index contributed by atoms with van der Waals surface area (Å²) in [5.41, 5.74) is -2.97. The van der Waals surface area contributed by atoms with E-state index in [2.05, 4.69) is 0 Å². The van der Waals surface area contributed by atoms with Gasteiger partial charge in [0, 0.05) is 47.2 Å². The van der Waals surface area contributed by atoms with Crippen LogP contribution in [0.3, 0.4) is 0 Å². The zero-order chi connectivity index (χ0) is 10.6. The predicted molar refractivity (Wildman–Crippen MR) is 29.2 cm³/mol. The third kappa shape index (κ3) is 4.97. The summed E-state index contributed by atoms with van der Waals surface area (Å²) in [6, 6.07) is 0. The van der Waals surface area contributed by atoms with E-state index in [1.165, 1.54) is 0 Å². The van der Waals surface area contributed by atoms with Crippen molar-refractivity contribution in [3.05, 3.63) is 0 Å². The van der Waals surface area contributed by atoms with Gasteiger partial charge in [-0.2, -0.15) is 0 Å². The zero-order valence-electron chi connectivity index (χ0n) is 6.61. The van der Waals surface area contributed by atoms with Crippen LogP contribution in [0.25, 0.3) is 0 Å². The van der Waals surface area contributed by atoms with Gasteiger partial charge in [-0.1, -0.05) is 0 Å². The van der Waals surface area contributed by atoms with Gasteiger partial charge in [0.2, 0.25) is 0 Å². The molecule has 0 aromatic carbocycles. The molecule has 0 aliphatic heterocycles. The van der Waals surface area contributed by atoms with Crippen molar-refractivity contribution in [1.29, 1.82) is 0 Å². The Hall–Kier alpha value is -0.890. The molecular weight excluding hydrogens is 381 g/mol. The molecule has 0 bridgehead atoms. The van der Waals surface area contributed by atoms with E-state index < -0.39 is 36.4 Å². The fourth-order valence-electron chi connectivity index (χ4n) is 0.684. The van der Waals surface area contributed by atoms with Crippen LogP contribution in [0.1, 0.15) is 12.8 Å². The Balaban J connectivity index is 0. The first-order valence-corrected chi connectivity index (χ1v) is 3.11. The van der Waals surface area contributed by atoms with Gasteiger partial charge in [0.05, 0.1) is 5.97 Å². The minimum atomic E-state index is -2.97. The molecule has 8 heteroatoms. The van der Waals surface area contributed by atoms with Crippen molar-refractivity contribution in [2.24, 2.45) is 0 Å². The number of hydrogen-bond acceptors (Lipinski definition) is 7. The molecule has 0 fully saturated rings. The van der Waals surface area contributed by atoms with E-state index in [-0.39, 0.29) is 22.4 Å². The summed E-state index contributed by atoms with van der Waals surface area (Å²) in [7, 11) is 0. The van der Waals surface area contributed by atoms with E-state index in [0.717, 1.165) is 0 Å². The molecule has 0 saturated heterocycles. The standard InChI is InChI=1S/C6H8O7.Au/c7-3(8)1-6(13,5(11)12)2-4(9)10;/h13H,1-2H2,(H,7,8)(H,9,10)(H,11,12);/p-3. The molecule has 0 amide bonds. The smallest absolute Gasteiger partial charge is 0.114 e. The summed E-state index contributed by atoms with van der Waals surface area (Å²) < 4.78 is 0. The Morgan fingerprint density at radius 3 is 1.43 bits per heavy atom. The van der Waals surface area contributed by atoms with E-state index in [1.807, 2.05) is 0 Å². The van der Waals surface area contributed by atoms with Crippen LogP contribution in [-0.2, 0) is 36.8 Å². The molecule has 0 rings (SSSR count). The summed E-state index contributed by atoms with van der Waals surface area (Å²) in [4.78, 5) is 30.0. The molecule has 0 unspecified atom stereocenters. The van der Waals surface area contributed by atoms with Gasteiger partial charge in [-0.3, -0.25) is 0 Å². The maximum absolute atomic E-state index is 10.1. The van der Waals surface area contributed by atoms with Gasteiger partial charge in [-0.25, -0.2) is 0 Å². The van der Waals surface area contributed by atoms with Crippen LogP contribution in [0.5, 0.6) is 0 Å². The van der Waals surface area contributed by atoms with Gasteiger partial charge < -0.3 is 34.8 Å². The maximum atomic E-state index is 10.1. The second kappa shape index (κ2) is 5.76. The first kappa shape index (κ1) is 15.6. The number of carboxylic acids is 3. The van der Waals surface area contributed by atoms with Gasteiger partial charge in [0.25, 0.3) is 0 Å². The summed E-state index contributed by atoms with van der Waals surface area (Å²) in [6.45, 7) is 0. The van der Waals surface area contributed by atoms with Gasteiger partial charge in [0.1, 0.15) is 5.60 Å². The molecule has 0 saturated carbocycles. The van der Waals surface area contributed by atoms with Crippen molar-refractivity contribution in [1.82, 2.24) is 0 Å². The molecule has 1 N–H and O–H groups in total. The number of aliphatic carboxylic acids is 3. The first-order valence-electron chi connectivity index (χ1n) is 3.11. The molecule has 85 valence electrons. The van der Waals surface area contributed by atoms with Crippen LogP contribution < -0.4 is 15.3 Å². The van der Waals surface area contributed by atoms with Crippen LogP contribution >= 0.6 is 0 Å². The van der Waals surface area contributed by atoms with Crippen molar-refractivity contribution in [2.45, 2.75) is 18.4 Å². The van der Waals surface area contributed by atoms with Crippen molar-refractivity contribution in [3.8, 4) is 0 Å². The van der Waals surface area contributed by atoms with Gasteiger partial charge in [-0.05, 0) is 0 Å².